The van der Waals surface area contributed by atoms with Crippen molar-refractivity contribution in [3.63, 3.8) is 0 Å². The van der Waals surface area contributed by atoms with Gasteiger partial charge in [0.2, 0.25) is 5.95 Å². The molecule has 0 aliphatic carbocycles. The zero-order chi connectivity index (χ0) is 12.9. The van der Waals surface area contributed by atoms with Gasteiger partial charge in [-0.1, -0.05) is 11.8 Å². The molecule has 0 saturated heterocycles. The molecule has 0 spiro atoms. The summed E-state index contributed by atoms with van der Waals surface area (Å²) in [5, 5.41) is 0.365. The van der Waals surface area contributed by atoms with Gasteiger partial charge in [-0.05, 0) is 6.92 Å². The highest BCUT2D eigenvalue weighted by Crippen LogP contribution is 2.16. The molecule has 2 N–H and O–H groups in total. The highest BCUT2D eigenvalue weighted by Gasteiger charge is 2.08. The van der Waals surface area contributed by atoms with Crippen molar-refractivity contribution in [3.05, 3.63) is 0 Å². The van der Waals surface area contributed by atoms with Crippen LogP contribution in [-0.2, 0) is 9.84 Å². The van der Waals surface area contributed by atoms with Gasteiger partial charge < -0.3 is 10.5 Å². The summed E-state index contributed by atoms with van der Waals surface area (Å²) in [6.45, 7) is 2.23. The number of hydrogen-bond donors (Lipinski definition) is 1. The molecule has 0 aromatic carbocycles. The number of rotatable bonds is 6. The van der Waals surface area contributed by atoms with Crippen LogP contribution >= 0.6 is 11.8 Å². The summed E-state index contributed by atoms with van der Waals surface area (Å²) in [5.41, 5.74) is 5.47. The van der Waals surface area contributed by atoms with Crippen LogP contribution in [0.3, 0.4) is 0 Å². The minimum absolute atomic E-state index is 0.0605. The van der Waals surface area contributed by atoms with Crippen molar-refractivity contribution in [1.29, 1.82) is 0 Å². The van der Waals surface area contributed by atoms with Gasteiger partial charge >= 0.3 is 6.01 Å². The summed E-state index contributed by atoms with van der Waals surface area (Å²) in [7, 11) is -2.98. The van der Waals surface area contributed by atoms with Crippen molar-refractivity contribution in [2.75, 3.05) is 30.1 Å². The molecule has 0 bridgehead atoms. The number of nitrogens with zero attached hydrogens (tertiary/aromatic N) is 3. The maximum atomic E-state index is 10.9. The second kappa shape index (κ2) is 6.01. The van der Waals surface area contributed by atoms with E-state index in [1.807, 2.05) is 0 Å². The van der Waals surface area contributed by atoms with Gasteiger partial charge in [0, 0.05) is 12.0 Å². The van der Waals surface area contributed by atoms with Crippen molar-refractivity contribution in [2.24, 2.45) is 0 Å². The summed E-state index contributed by atoms with van der Waals surface area (Å²) in [5.74, 6) is 0.492. The lowest BCUT2D eigenvalue weighted by Crippen LogP contribution is -2.07. The van der Waals surface area contributed by atoms with Crippen LogP contribution in [0.2, 0.25) is 0 Å². The average molecular weight is 278 g/mol. The number of ether oxygens (including phenoxy) is 1. The molecule has 7 nitrogen and oxygen atoms in total. The van der Waals surface area contributed by atoms with Crippen LogP contribution in [0.4, 0.5) is 5.95 Å². The average Bonchev–Trinajstić information content (AvgIpc) is 2.15. The monoisotopic (exact) mass is 278 g/mol. The first kappa shape index (κ1) is 14.0. The fourth-order valence-electron chi connectivity index (χ4n) is 0.895. The highest BCUT2D eigenvalue weighted by molar-refractivity contribution is 8.00. The SMILES string of the molecule is CCOc1nc(N)nc(SCCS(C)(=O)=O)n1. The highest BCUT2D eigenvalue weighted by atomic mass is 32.2. The molecule has 1 aromatic rings. The Hall–Kier alpha value is -1.09. The third-order valence-corrected chi connectivity index (χ3v) is 3.62. The van der Waals surface area contributed by atoms with Gasteiger partial charge in [0.15, 0.2) is 5.16 Å². The molecular weight excluding hydrogens is 264 g/mol. The number of aromatic nitrogens is 3. The van der Waals surface area contributed by atoms with Crippen LogP contribution in [0.1, 0.15) is 6.92 Å². The van der Waals surface area contributed by atoms with Crippen LogP contribution in [0.5, 0.6) is 6.01 Å². The minimum atomic E-state index is -2.98. The van der Waals surface area contributed by atoms with E-state index in [1.54, 1.807) is 6.92 Å². The van der Waals surface area contributed by atoms with E-state index in [4.69, 9.17) is 10.5 Å². The maximum Gasteiger partial charge on any atom is 0.322 e. The normalized spacial score (nSPS) is 11.4. The molecule has 9 heteroatoms. The second-order valence-corrected chi connectivity index (χ2v) is 6.49. The molecule has 0 radical (unpaired) electrons. The van der Waals surface area contributed by atoms with Gasteiger partial charge in [0.25, 0.3) is 0 Å². The topological polar surface area (TPSA) is 108 Å². The maximum absolute atomic E-state index is 10.9. The molecule has 0 aliphatic rings. The number of anilines is 1. The Balaban J connectivity index is 2.64. The van der Waals surface area contributed by atoms with Crippen molar-refractivity contribution < 1.29 is 13.2 Å². The van der Waals surface area contributed by atoms with Crippen LogP contribution in [0, 0.1) is 0 Å². The summed E-state index contributed by atoms with van der Waals surface area (Å²) in [4.78, 5) is 11.6. The molecule has 1 aromatic heterocycles. The van der Waals surface area contributed by atoms with Gasteiger partial charge in [-0.3, -0.25) is 0 Å². The second-order valence-electron chi connectivity index (χ2n) is 3.17. The van der Waals surface area contributed by atoms with Crippen molar-refractivity contribution in [2.45, 2.75) is 12.1 Å². The molecule has 0 fully saturated rings. The standard InChI is InChI=1S/C8H14N4O3S2/c1-3-15-7-10-6(9)11-8(12-7)16-4-5-17(2,13)14/h3-5H2,1-2H3,(H2,9,10,11,12). The number of hydrogen-bond acceptors (Lipinski definition) is 8. The summed E-state index contributed by atoms with van der Waals surface area (Å²) < 4.78 is 27.0. The predicted octanol–water partition coefficient (Wildman–Crippen LogP) is -0.0108. The fraction of sp³-hybridized carbons (Fsp3) is 0.625. The molecule has 0 aliphatic heterocycles. The van der Waals surface area contributed by atoms with Gasteiger partial charge in [-0.15, -0.1) is 0 Å². The minimum Gasteiger partial charge on any atom is -0.464 e. The van der Waals surface area contributed by atoms with Gasteiger partial charge in [0.1, 0.15) is 9.84 Å². The molecule has 96 valence electrons. The summed E-state index contributed by atoms with van der Waals surface area (Å²) >= 11 is 1.20. The van der Waals surface area contributed by atoms with E-state index in [-0.39, 0.29) is 17.7 Å². The third kappa shape index (κ3) is 5.68. The zero-order valence-electron chi connectivity index (χ0n) is 9.58. The van der Waals surface area contributed by atoms with E-state index in [0.717, 1.165) is 0 Å². The van der Waals surface area contributed by atoms with Gasteiger partial charge in [0.05, 0.1) is 12.4 Å². The van der Waals surface area contributed by atoms with E-state index in [9.17, 15) is 8.42 Å². The molecule has 17 heavy (non-hydrogen) atoms. The van der Waals surface area contributed by atoms with Crippen LogP contribution in [0.15, 0.2) is 5.16 Å². The Morgan fingerprint density at radius 1 is 1.35 bits per heavy atom. The van der Waals surface area contributed by atoms with Crippen molar-refractivity contribution in [3.8, 4) is 6.01 Å². The Kier molecular flexibility index (Phi) is 4.94. The van der Waals surface area contributed by atoms with Crippen molar-refractivity contribution >= 4 is 27.5 Å². The third-order valence-electron chi connectivity index (χ3n) is 1.57. The molecule has 0 unspecified atom stereocenters. The number of sulfone groups is 1. The van der Waals surface area contributed by atoms with E-state index in [0.29, 0.717) is 17.5 Å². The molecular formula is C8H14N4O3S2. The molecule has 0 amide bonds. The lowest BCUT2D eigenvalue weighted by molar-refractivity contribution is 0.308. The molecule has 0 atom stereocenters. The van der Waals surface area contributed by atoms with Gasteiger partial charge in [-0.2, -0.15) is 15.0 Å². The van der Waals surface area contributed by atoms with Crippen LogP contribution in [0.25, 0.3) is 0 Å². The first-order valence-electron chi connectivity index (χ1n) is 4.85. The lowest BCUT2D eigenvalue weighted by atomic mass is 10.8. The lowest BCUT2D eigenvalue weighted by Gasteiger charge is -2.04. The first-order valence-corrected chi connectivity index (χ1v) is 7.90. The molecule has 1 heterocycles. The van der Waals surface area contributed by atoms with E-state index >= 15 is 0 Å². The Morgan fingerprint density at radius 3 is 2.65 bits per heavy atom. The summed E-state index contributed by atoms with van der Waals surface area (Å²) in [6, 6.07) is 0.154. The molecule has 0 saturated carbocycles. The van der Waals surface area contributed by atoms with Crippen LogP contribution < -0.4 is 10.5 Å². The Bertz CT molecular complexity index is 478. The van der Waals surface area contributed by atoms with Crippen LogP contribution in [-0.4, -0.2) is 47.7 Å². The quantitative estimate of drug-likeness (QED) is 0.724. The van der Waals surface area contributed by atoms with E-state index in [2.05, 4.69) is 15.0 Å². The fourth-order valence-corrected chi connectivity index (χ4v) is 2.92. The predicted molar refractivity (Wildman–Crippen MR) is 65.8 cm³/mol. The van der Waals surface area contributed by atoms with E-state index in [1.165, 1.54) is 18.0 Å². The zero-order valence-corrected chi connectivity index (χ0v) is 11.2. The number of nitrogen functional groups attached to an aromatic ring is 1. The smallest absolute Gasteiger partial charge is 0.322 e. The summed E-state index contributed by atoms with van der Waals surface area (Å²) in [6.07, 6.45) is 1.18. The first-order chi connectivity index (χ1) is 7.90. The van der Waals surface area contributed by atoms with Crippen molar-refractivity contribution in [1.82, 2.24) is 15.0 Å². The largest absolute Gasteiger partial charge is 0.464 e. The van der Waals surface area contributed by atoms with Gasteiger partial charge in [-0.25, -0.2) is 8.42 Å². The number of nitrogens with two attached hydrogens (primary N) is 1. The Labute approximate surface area is 104 Å². The number of thioether (sulfide) groups is 1. The Morgan fingerprint density at radius 2 is 2.06 bits per heavy atom. The van der Waals surface area contributed by atoms with E-state index < -0.39 is 9.84 Å². The molecule has 1 rings (SSSR count).